The molecule has 0 fully saturated rings. The molecule has 1 aromatic heterocycles. The monoisotopic (exact) mass is 270 g/mol. The highest BCUT2D eigenvalue weighted by molar-refractivity contribution is 6.31. The fraction of sp³-hybridized carbons (Fsp3) is 0.125. The van der Waals surface area contributed by atoms with Gasteiger partial charge in [0.1, 0.15) is 0 Å². The van der Waals surface area contributed by atoms with Crippen molar-refractivity contribution in [3.63, 3.8) is 0 Å². The number of anilines is 1. The molecule has 3 rings (SSSR count). The van der Waals surface area contributed by atoms with Crippen molar-refractivity contribution in [1.29, 1.82) is 0 Å². The summed E-state index contributed by atoms with van der Waals surface area (Å²) >= 11 is 6.13. The maximum Gasteiger partial charge on any atom is 0.0504 e. The van der Waals surface area contributed by atoms with Crippen molar-refractivity contribution in [1.82, 2.24) is 4.98 Å². The lowest BCUT2D eigenvalue weighted by Crippen LogP contribution is -2.01. The molecule has 1 heterocycles. The molecule has 3 heteroatoms. The molecule has 0 aliphatic rings. The van der Waals surface area contributed by atoms with Gasteiger partial charge in [-0.1, -0.05) is 35.9 Å². The standard InChI is InChI=1S/C16H15ClN2/c1-11-14(17)6-3-7-15(11)19-10-13-5-2-4-12-8-9-18-16(12)13/h2-9,18-19H,10H2,1H3. The number of rotatable bonds is 3. The molecule has 2 N–H and O–H groups in total. The molecular weight excluding hydrogens is 256 g/mol. The number of aromatic amines is 1. The molecule has 0 aliphatic carbocycles. The van der Waals surface area contributed by atoms with E-state index in [0.717, 1.165) is 22.8 Å². The second-order valence-corrected chi connectivity index (χ2v) is 5.03. The first-order valence-corrected chi connectivity index (χ1v) is 6.67. The first kappa shape index (κ1) is 12.1. The van der Waals surface area contributed by atoms with E-state index in [9.17, 15) is 0 Å². The predicted molar refractivity (Wildman–Crippen MR) is 81.8 cm³/mol. The van der Waals surface area contributed by atoms with Crippen LogP contribution in [0, 0.1) is 6.92 Å². The lowest BCUT2D eigenvalue weighted by Gasteiger charge is -2.11. The third kappa shape index (κ3) is 2.32. The zero-order valence-electron chi connectivity index (χ0n) is 10.7. The molecule has 0 saturated carbocycles. The van der Waals surface area contributed by atoms with Crippen molar-refractivity contribution in [2.75, 3.05) is 5.32 Å². The van der Waals surface area contributed by atoms with Crippen molar-refractivity contribution < 1.29 is 0 Å². The normalized spacial score (nSPS) is 10.8. The van der Waals surface area contributed by atoms with Gasteiger partial charge in [0.25, 0.3) is 0 Å². The number of benzene rings is 2. The zero-order valence-corrected chi connectivity index (χ0v) is 11.5. The molecule has 0 amide bonds. The van der Waals surface area contributed by atoms with Gasteiger partial charge in [0.15, 0.2) is 0 Å². The van der Waals surface area contributed by atoms with Crippen LogP contribution in [0.4, 0.5) is 5.69 Å². The zero-order chi connectivity index (χ0) is 13.2. The van der Waals surface area contributed by atoms with E-state index in [1.165, 1.54) is 16.5 Å². The number of hydrogen-bond donors (Lipinski definition) is 2. The first-order valence-electron chi connectivity index (χ1n) is 6.29. The van der Waals surface area contributed by atoms with Gasteiger partial charge in [0.05, 0.1) is 5.52 Å². The average molecular weight is 271 g/mol. The van der Waals surface area contributed by atoms with Gasteiger partial charge in [-0.2, -0.15) is 0 Å². The van der Waals surface area contributed by atoms with Crippen LogP contribution in [-0.2, 0) is 6.54 Å². The Morgan fingerprint density at radius 2 is 1.95 bits per heavy atom. The maximum absolute atomic E-state index is 6.13. The fourth-order valence-electron chi connectivity index (χ4n) is 2.29. The Kier molecular flexibility index (Phi) is 3.18. The predicted octanol–water partition coefficient (Wildman–Crippen LogP) is 4.74. The highest BCUT2D eigenvalue weighted by atomic mass is 35.5. The second-order valence-electron chi connectivity index (χ2n) is 4.62. The molecular formula is C16H15ClN2. The quantitative estimate of drug-likeness (QED) is 0.707. The van der Waals surface area contributed by atoms with Crippen LogP contribution in [0.15, 0.2) is 48.7 Å². The molecule has 0 radical (unpaired) electrons. The summed E-state index contributed by atoms with van der Waals surface area (Å²) in [6.07, 6.45) is 1.97. The van der Waals surface area contributed by atoms with Crippen molar-refractivity contribution in [3.05, 3.63) is 64.8 Å². The molecule has 0 spiro atoms. The Bertz CT molecular complexity index is 716. The van der Waals surface area contributed by atoms with Gasteiger partial charge >= 0.3 is 0 Å². The van der Waals surface area contributed by atoms with E-state index in [1.807, 2.05) is 25.3 Å². The van der Waals surface area contributed by atoms with Gasteiger partial charge < -0.3 is 10.3 Å². The Labute approximate surface area is 117 Å². The van der Waals surface area contributed by atoms with Crippen LogP contribution >= 0.6 is 11.6 Å². The second kappa shape index (κ2) is 4.98. The molecule has 2 nitrogen and oxygen atoms in total. The third-order valence-electron chi connectivity index (χ3n) is 3.41. The van der Waals surface area contributed by atoms with E-state index in [4.69, 9.17) is 11.6 Å². The minimum atomic E-state index is 0.777. The van der Waals surface area contributed by atoms with E-state index in [1.54, 1.807) is 0 Å². The number of halogens is 1. The smallest absolute Gasteiger partial charge is 0.0504 e. The summed E-state index contributed by atoms with van der Waals surface area (Å²) in [5.41, 5.74) is 4.61. The van der Waals surface area contributed by atoms with Crippen molar-refractivity contribution >= 4 is 28.2 Å². The minimum Gasteiger partial charge on any atom is -0.381 e. The summed E-state index contributed by atoms with van der Waals surface area (Å²) in [6.45, 7) is 2.80. The Morgan fingerprint density at radius 3 is 2.84 bits per heavy atom. The summed E-state index contributed by atoms with van der Waals surface area (Å²) in [6, 6.07) is 14.3. The van der Waals surface area contributed by atoms with Gasteiger partial charge in [-0.25, -0.2) is 0 Å². The van der Waals surface area contributed by atoms with Gasteiger partial charge in [-0.3, -0.25) is 0 Å². The lowest BCUT2D eigenvalue weighted by molar-refractivity contribution is 1.15. The van der Waals surface area contributed by atoms with Crippen LogP contribution in [0.3, 0.4) is 0 Å². The summed E-state index contributed by atoms with van der Waals surface area (Å²) < 4.78 is 0. The first-order chi connectivity index (χ1) is 9.25. The third-order valence-corrected chi connectivity index (χ3v) is 3.82. The van der Waals surface area contributed by atoms with Crippen LogP contribution in [0.25, 0.3) is 10.9 Å². The van der Waals surface area contributed by atoms with E-state index in [2.05, 4.69) is 40.6 Å². The van der Waals surface area contributed by atoms with Crippen LogP contribution in [0.5, 0.6) is 0 Å². The van der Waals surface area contributed by atoms with Crippen molar-refractivity contribution in [2.45, 2.75) is 13.5 Å². The Morgan fingerprint density at radius 1 is 1.11 bits per heavy atom. The number of nitrogens with one attached hydrogen (secondary N) is 2. The molecule has 0 bridgehead atoms. The number of fused-ring (bicyclic) bond motifs is 1. The molecule has 0 aliphatic heterocycles. The highest BCUT2D eigenvalue weighted by Gasteiger charge is 2.04. The van der Waals surface area contributed by atoms with Crippen LogP contribution in [0.2, 0.25) is 5.02 Å². The number of para-hydroxylation sites is 1. The lowest BCUT2D eigenvalue weighted by atomic mass is 10.1. The summed E-state index contributed by atoms with van der Waals surface area (Å²) in [7, 11) is 0. The summed E-state index contributed by atoms with van der Waals surface area (Å²) in [4.78, 5) is 3.28. The van der Waals surface area contributed by atoms with Crippen LogP contribution in [-0.4, -0.2) is 4.98 Å². The molecule has 19 heavy (non-hydrogen) atoms. The number of H-pyrrole nitrogens is 1. The summed E-state index contributed by atoms with van der Waals surface area (Å²) in [5, 5.41) is 5.48. The van der Waals surface area contributed by atoms with Crippen LogP contribution < -0.4 is 5.32 Å². The van der Waals surface area contributed by atoms with Gasteiger partial charge in [0.2, 0.25) is 0 Å². The number of aromatic nitrogens is 1. The van der Waals surface area contributed by atoms with E-state index in [-0.39, 0.29) is 0 Å². The SMILES string of the molecule is Cc1c(Cl)cccc1NCc1cccc2cc[nH]c12. The van der Waals surface area contributed by atoms with E-state index >= 15 is 0 Å². The van der Waals surface area contributed by atoms with E-state index < -0.39 is 0 Å². The minimum absolute atomic E-state index is 0.777. The molecule has 0 unspecified atom stereocenters. The molecule has 0 atom stereocenters. The Hall–Kier alpha value is -1.93. The fourth-order valence-corrected chi connectivity index (χ4v) is 2.46. The maximum atomic E-state index is 6.13. The van der Waals surface area contributed by atoms with Gasteiger partial charge in [-0.15, -0.1) is 0 Å². The van der Waals surface area contributed by atoms with Gasteiger partial charge in [-0.05, 0) is 41.6 Å². The summed E-state index contributed by atoms with van der Waals surface area (Å²) in [5.74, 6) is 0. The topological polar surface area (TPSA) is 27.8 Å². The van der Waals surface area contributed by atoms with Crippen molar-refractivity contribution in [2.24, 2.45) is 0 Å². The average Bonchev–Trinajstić information content (AvgIpc) is 2.89. The highest BCUT2D eigenvalue weighted by Crippen LogP contribution is 2.24. The Balaban J connectivity index is 1.86. The van der Waals surface area contributed by atoms with E-state index in [0.29, 0.717) is 0 Å². The molecule has 96 valence electrons. The molecule has 0 saturated heterocycles. The van der Waals surface area contributed by atoms with Crippen molar-refractivity contribution in [3.8, 4) is 0 Å². The molecule has 2 aromatic carbocycles. The van der Waals surface area contributed by atoms with Crippen LogP contribution in [0.1, 0.15) is 11.1 Å². The number of hydrogen-bond acceptors (Lipinski definition) is 1. The van der Waals surface area contributed by atoms with Gasteiger partial charge in [0, 0.05) is 23.5 Å². The largest absolute Gasteiger partial charge is 0.381 e. The molecule has 3 aromatic rings.